The molecule has 1 aromatic heterocycles. The summed E-state index contributed by atoms with van der Waals surface area (Å²) in [6.07, 6.45) is 1.11. The molecule has 0 aliphatic carbocycles. The van der Waals surface area contributed by atoms with Crippen LogP contribution in [0.15, 0.2) is 12.1 Å². The third-order valence-corrected chi connectivity index (χ3v) is 2.87. The lowest BCUT2D eigenvalue weighted by Gasteiger charge is -2.11. The van der Waals surface area contributed by atoms with Gasteiger partial charge < -0.3 is 10.6 Å². The van der Waals surface area contributed by atoms with Crippen LogP contribution in [0.5, 0.6) is 0 Å². The average Bonchev–Trinajstić information content (AvgIpc) is 2.38. The van der Waals surface area contributed by atoms with Crippen molar-refractivity contribution in [2.75, 3.05) is 11.9 Å². The maximum absolute atomic E-state index is 11.6. The number of rotatable bonds is 7. The van der Waals surface area contributed by atoms with Crippen molar-refractivity contribution in [3.05, 3.63) is 27.9 Å². The molecule has 1 aromatic rings. The fraction of sp³-hybridized carbons (Fsp3) is 0.538. The van der Waals surface area contributed by atoms with Crippen LogP contribution in [0.3, 0.4) is 0 Å². The Bertz CT molecular complexity index is 491. The second-order valence-corrected chi connectivity index (χ2v) is 4.63. The molecule has 20 heavy (non-hydrogen) atoms. The van der Waals surface area contributed by atoms with Gasteiger partial charge in [0.05, 0.1) is 4.92 Å². The van der Waals surface area contributed by atoms with E-state index in [1.54, 1.807) is 13.0 Å². The molecule has 1 atom stereocenters. The molecule has 0 spiro atoms. The number of carbonyl (C=O) groups is 1. The van der Waals surface area contributed by atoms with Gasteiger partial charge in [0, 0.05) is 30.8 Å². The molecule has 1 amide bonds. The van der Waals surface area contributed by atoms with Gasteiger partial charge in [0.1, 0.15) is 0 Å². The van der Waals surface area contributed by atoms with Crippen LogP contribution in [0.1, 0.15) is 32.4 Å². The van der Waals surface area contributed by atoms with Gasteiger partial charge in [0.25, 0.3) is 0 Å². The fourth-order valence-electron chi connectivity index (χ4n) is 1.57. The minimum atomic E-state index is -0.492. The summed E-state index contributed by atoms with van der Waals surface area (Å²) < 4.78 is 0. The highest BCUT2D eigenvalue weighted by molar-refractivity contribution is 5.76. The topological polar surface area (TPSA) is 97.2 Å². The second kappa shape index (κ2) is 7.42. The molecule has 7 nitrogen and oxygen atoms in total. The Hall–Kier alpha value is -2.18. The predicted octanol–water partition coefficient (Wildman–Crippen LogP) is 2.01. The molecule has 7 heteroatoms. The molecule has 0 aliphatic rings. The standard InChI is InChI=1S/C13H20N4O3/c1-4-9(2)15-12(18)7-8-14-13-11(17(19)20)6-5-10(3)16-13/h5-6,9H,4,7-8H2,1-3H3,(H,14,16)(H,15,18). The maximum Gasteiger partial charge on any atom is 0.311 e. The van der Waals surface area contributed by atoms with E-state index in [-0.39, 0.29) is 29.9 Å². The SMILES string of the molecule is CCC(C)NC(=O)CCNc1nc(C)ccc1[N+](=O)[O-]. The second-order valence-electron chi connectivity index (χ2n) is 4.63. The number of pyridine rings is 1. The molecule has 0 aromatic carbocycles. The molecule has 0 bridgehead atoms. The van der Waals surface area contributed by atoms with Gasteiger partial charge in [-0.1, -0.05) is 6.92 Å². The monoisotopic (exact) mass is 280 g/mol. The number of nitrogens with zero attached hydrogens (tertiary/aromatic N) is 2. The van der Waals surface area contributed by atoms with E-state index in [1.165, 1.54) is 6.07 Å². The average molecular weight is 280 g/mol. The first kappa shape index (κ1) is 15.9. The number of nitrogens with one attached hydrogen (secondary N) is 2. The summed E-state index contributed by atoms with van der Waals surface area (Å²) in [7, 11) is 0. The lowest BCUT2D eigenvalue weighted by molar-refractivity contribution is -0.384. The van der Waals surface area contributed by atoms with Crippen molar-refractivity contribution in [1.29, 1.82) is 0 Å². The lowest BCUT2D eigenvalue weighted by Crippen LogP contribution is -2.33. The molecule has 0 saturated heterocycles. The van der Waals surface area contributed by atoms with Gasteiger partial charge in [-0.3, -0.25) is 14.9 Å². The van der Waals surface area contributed by atoms with Gasteiger partial charge >= 0.3 is 5.69 Å². The summed E-state index contributed by atoms with van der Waals surface area (Å²) in [6, 6.07) is 3.12. The van der Waals surface area contributed by atoms with Crippen molar-refractivity contribution in [2.24, 2.45) is 0 Å². The van der Waals surface area contributed by atoms with Gasteiger partial charge in [-0.15, -0.1) is 0 Å². The van der Waals surface area contributed by atoms with Crippen LogP contribution in [0, 0.1) is 17.0 Å². The Balaban J connectivity index is 2.55. The molecular weight excluding hydrogens is 260 g/mol. The van der Waals surface area contributed by atoms with Crippen LogP contribution in [0.4, 0.5) is 11.5 Å². The maximum atomic E-state index is 11.6. The number of aromatic nitrogens is 1. The number of nitro groups is 1. The van der Waals surface area contributed by atoms with Crippen molar-refractivity contribution in [1.82, 2.24) is 10.3 Å². The summed E-state index contributed by atoms with van der Waals surface area (Å²) in [5, 5.41) is 16.5. The van der Waals surface area contributed by atoms with E-state index in [9.17, 15) is 14.9 Å². The molecular formula is C13H20N4O3. The first-order valence-corrected chi connectivity index (χ1v) is 6.59. The predicted molar refractivity (Wildman–Crippen MR) is 76.6 cm³/mol. The van der Waals surface area contributed by atoms with Crippen molar-refractivity contribution in [3.63, 3.8) is 0 Å². The molecule has 0 radical (unpaired) electrons. The zero-order valence-corrected chi connectivity index (χ0v) is 12.0. The number of hydrogen-bond acceptors (Lipinski definition) is 5. The Kier molecular flexibility index (Phi) is 5.89. The highest BCUT2D eigenvalue weighted by Gasteiger charge is 2.15. The Morgan fingerprint density at radius 2 is 2.20 bits per heavy atom. The van der Waals surface area contributed by atoms with Crippen LogP contribution in [0.2, 0.25) is 0 Å². The minimum Gasteiger partial charge on any atom is -0.364 e. The third-order valence-electron chi connectivity index (χ3n) is 2.87. The van der Waals surface area contributed by atoms with Gasteiger partial charge in [-0.2, -0.15) is 0 Å². The van der Waals surface area contributed by atoms with Gasteiger partial charge in [-0.25, -0.2) is 4.98 Å². The summed E-state index contributed by atoms with van der Waals surface area (Å²) in [5.74, 6) is 0.119. The van der Waals surface area contributed by atoms with E-state index < -0.39 is 4.92 Å². The van der Waals surface area contributed by atoms with Crippen LogP contribution in [0.25, 0.3) is 0 Å². The van der Waals surface area contributed by atoms with E-state index in [0.717, 1.165) is 6.42 Å². The van der Waals surface area contributed by atoms with Crippen molar-refractivity contribution in [2.45, 2.75) is 39.7 Å². The number of hydrogen-bond donors (Lipinski definition) is 2. The highest BCUT2D eigenvalue weighted by atomic mass is 16.6. The lowest BCUT2D eigenvalue weighted by atomic mass is 10.2. The van der Waals surface area contributed by atoms with E-state index in [0.29, 0.717) is 12.2 Å². The summed E-state index contributed by atoms with van der Waals surface area (Å²) in [6.45, 7) is 5.98. The third kappa shape index (κ3) is 4.83. The normalized spacial score (nSPS) is 11.8. The van der Waals surface area contributed by atoms with Gasteiger partial charge in [0.2, 0.25) is 11.7 Å². The molecule has 0 saturated carbocycles. The number of anilines is 1. The molecule has 2 N–H and O–H groups in total. The van der Waals surface area contributed by atoms with Crippen molar-refractivity contribution in [3.8, 4) is 0 Å². The van der Waals surface area contributed by atoms with E-state index >= 15 is 0 Å². The first-order chi connectivity index (χ1) is 9.43. The Morgan fingerprint density at radius 3 is 2.80 bits per heavy atom. The van der Waals surface area contributed by atoms with Gasteiger partial charge in [0.15, 0.2) is 0 Å². The summed E-state index contributed by atoms with van der Waals surface area (Å²) in [4.78, 5) is 26.0. The van der Waals surface area contributed by atoms with E-state index in [4.69, 9.17) is 0 Å². The van der Waals surface area contributed by atoms with Crippen molar-refractivity contribution < 1.29 is 9.72 Å². The van der Waals surface area contributed by atoms with Crippen LogP contribution in [-0.4, -0.2) is 28.4 Å². The Labute approximate surface area is 117 Å². The zero-order valence-electron chi connectivity index (χ0n) is 12.0. The summed E-state index contributed by atoms with van der Waals surface area (Å²) >= 11 is 0. The molecule has 0 fully saturated rings. The van der Waals surface area contributed by atoms with Crippen LogP contribution in [-0.2, 0) is 4.79 Å². The smallest absolute Gasteiger partial charge is 0.311 e. The zero-order chi connectivity index (χ0) is 15.1. The number of amides is 1. The number of aryl methyl sites for hydroxylation is 1. The first-order valence-electron chi connectivity index (χ1n) is 6.59. The molecule has 1 heterocycles. The summed E-state index contributed by atoms with van der Waals surface area (Å²) in [5.41, 5.74) is 0.597. The molecule has 1 unspecified atom stereocenters. The highest BCUT2D eigenvalue weighted by Crippen LogP contribution is 2.21. The quantitative estimate of drug-likeness (QED) is 0.588. The van der Waals surface area contributed by atoms with E-state index in [1.807, 2.05) is 13.8 Å². The fourth-order valence-corrected chi connectivity index (χ4v) is 1.57. The van der Waals surface area contributed by atoms with Crippen LogP contribution >= 0.6 is 0 Å². The van der Waals surface area contributed by atoms with Crippen LogP contribution < -0.4 is 10.6 Å². The molecule has 1 rings (SSSR count). The van der Waals surface area contributed by atoms with Crippen molar-refractivity contribution >= 4 is 17.4 Å². The minimum absolute atomic E-state index is 0.0813. The largest absolute Gasteiger partial charge is 0.364 e. The molecule has 0 aliphatic heterocycles. The molecule has 110 valence electrons. The Morgan fingerprint density at radius 1 is 1.50 bits per heavy atom. The van der Waals surface area contributed by atoms with E-state index in [2.05, 4.69) is 15.6 Å². The number of carbonyl (C=O) groups excluding carboxylic acids is 1. The van der Waals surface area contributed by atoms with Gasteiger partial charge in [-0.05, 0) is 26.3 Å².